The molecule has 0 atom stereocenters. The zero-order chi connectivity index (χ0) is 16.2. The Morgan fingerprint density at radius 1 is 0.739 bits per heavy atom. The number of Topliss-reactive ketones (excluding diaryl/α,β-unsaturated/α-hetero) is 1. The highest BCUT2D eigenvalue weighted by Crippen LogP contribution is 2.27. The number of ketones is 1. The fourth-order valence-corrected chi connectivity index (χ4v) is 3.34. The summed E-state index contributed by atoms with van der Waals surface area (Å²) < 4.78 is 0. The summed E-state index contributed by atoms with van der Waals surface area (Å²) in [4.78, 5) is 12.6. The van der Waals surface area contributed by atoms with Crippen molar-refractivity contribution in [1.29, 1.82) is 0 Å². The van der Waals surface area contributed by atoms with Gasteiger partial charge in [0, 0.05) is 22.7 Å². The van der Waals surface area contributed by atoms with Crippen LogP contribution in [0.2, 0.25) is 0 Å². The van der Waals surface area contributed by atoms with Crippen LogP contribution in [0.25, 0.3) is 12.2 Å². The highest BCUT2D eigenvalue weighted by atomic mass is 32.2. The van der Waals surface area contributed by atoms with Crippen LogP contribution in [0.4, 0.5) is 0 Å². The Morgan fingerprint density at radius 3 is 1.52 bits per heavy atom. The van der Waals surface area contributed by atoms with Gasteiger partial charge in [-0.2, -0.15) is 11.8 Å². The van der Waals surface area contributed by atoms with Gasteiger partial charge in [-0.1, -0.05) is 24.3 Å². The van der Waals surface area contributed by atoms with Crippen LogP contribution in [0.3, 0.4) is 0 Å². The number of phenolic OH excluding ortho intramolecular Hbond substituents is 2. The lowest BCUT2D eigenvalue weighted by Gasteiger charge is -2.16. The van der Waals surface area contributed by atoms with E-state index in [0.29, 0.717) is 11.5 Å². The lowest BCUT2D eigenvalue weighted by atomic mass is 10.0. The van der Waals surface area contributed by atoms with Crippen molar-refractivity contribution in [3.63, 3.8) is 0 Å². The molecule has 0 aromatic heterocycles. The van der Waals surface area contributed by atoms with Crippen molar-refractivity contribution in [3.8, 4) is 11.5 Å². The van der Waals surface area contributed by atoms with Crippen molar-refractivity contribution < 1.29 is 15.0 Å². The summed E-state index contributed by atoms with van der Waals surface area (Å²) >= 11 is 1.70. The normalized spacial score (nSPS) is 18.5. The van der Waals surface area contributed by atoms with Crippen molar-refractivity contribution in [2.45, 2.75) is 0 Å². The molecule has 1 fully saturated rings. The predicted octanol–water partition coefficient (Wildman–Crippen LogP) is 3.88. The average molecular weight is 324 g/mol. The number of carbonyl (C=O) groups is 1. The molecule has 1 saturated heterocycles. The van der Waals surface area contributed by atoms with Crippen molar-refractivity contribution in [2.75, 3.05) is 11.5 Å². The van der Waals surface area contributed by atoms with Crippen LogP contribution in [-0.2, 0) is 4.79 Å². The number of thioether (sulfide) groups is 1. The summed E-state index contributed by atoms with van der Waals surface area (Å²) in [5, 5.41) is 18.6. The van der Waals surface area contributed by atoms with Gasteiger partial charge in [-0.25, -0.2) is 0 Å². The van der Waals surface area contributed by atoms with E-state index in [1.54, 1.807) is 60.3 Å². The van der Waals surface area contributed by atoms with E-state index in [0.717, 1.165) is 22.3 Å². The van der Waals surface area contributed by atoms with Crippen LogP contribution in [0.1, 0.15) is 11.1 Å². The maximum Gasteiger partial charge on any atom is 0.186 e. The largest absolute Gasteiger partial charge is 0.508 e. The van der Waals surface area contributed by atoms with E-state index in [1.165, 1.54) is 0 Å². The quantitative estimate of drug-likeness (QED) is 0.823. The molecule has 1 aliphatic rings. The molecule has 0 amide bonds. The van der Waals surface area contributed by atoms with Crippen molar-refractivity contribution in [1.82, 2.24) is 0 Å². The second-order valence-electron chi connectivity index (χ2n) is 5.34. The minimum atomic E-state index is 0.0601. The summed E-state index contributed by atoms with van der Waals surface area (Å²) in [7, 11) is 0. The van der Waals surface area contributed by atoms with E-state index < -0.39 is 0 Å². The molecule has 1 aliphatic heterocycles. The highest BCUT2D eigenvalue weighted by Gasteiger charge is 2.20. The number of carbonyl (C=O) groups excluding carboxylic acids is 1. The molecular weight excluding hydrogens is 308 g/mol. The first kappa shape index (κ1) is 15.4. The summed E-state index contributed by atoms with van der Waals surface area (Å²) in [5.74, 6) is 1.86. The van der Waals surface area contributed by atoms with E-state index in [-0.39, 0.29) is 17.3 Å². The lowest BCUT2D eigenvalue weighted by Crippen LogP contribution is -2.16. The topological polar surface area (TPSA) is 57.5 Å². The third kappa shape index (κ3) is 3.85. The number of benzene rings is 2. The van der Waals surface area contributed by atoms with Crippen LogP contribution < -0.4 is 0 Å². The monoisotopic (exact) mass is 324 g/mol. The van der Waals surface area contributed by atoms with Gasteiger partial charge in [0.2, 0.25) is 0 Å². The number of hydrogen-bond acceptors (Lipinski definition) is 4. The molecule has 0 radical (unpaired) electrons. The number of hydrogen-bond donors (Lipinski definition) is 2. The predicted molar refractivity (Wildman–Crippen MR) is 94.5 cm³/mol. The third-order valence-corrected chi connectivity index (χ3v) is 4.60. The minimum Gasteiger partial charge on any atom is -0.508 e. The van der Waals surface area contributed by atoms with Crippen molar-refractivity contribution in [3.05, 3.63) is 70.8 Å². The molecule has 116 valence electrons. The fourth-order valence-electron chi connectivity index (χ4n) is 2.37. The molecule has 0 saturated carbocycles. The maximum atomic E-state index is 12.6. The van der Waals surface area contributed by atoms with Gasteiger partial charge in [0.15, 0.2) is 5.78 Å². The van der Waals surface area contributed by atoms with Crippen LogP contribution in [-0.4, -0.2) is 27.5 Å². The van der Waals surface area contributed by atoms with Gasteiger partial charge in [-0.3, -0.25) is 4.79 Å². The summed E-state index contributed by atoms with van der Waals surface area (Å²) in [6, 6.07) is 13.6. The molecule has 1 heterocycles. The molecule has 2 N–H and O–H groups in total. The first-order chi connectivity index (χ1) is 11.1. The Bertz CT molecular complexity index is 706. The Kier molecular flexibility index (Phi) is 4.53. The standard InChI is InChI=1S/C19H16O3S/c20-17-5-1-13(2-6-17)9-15-11-23-12-16(19(15)22)10-14-3-7-18(21)8-4-14/h1-10,20-21H,11-12H2/b15-9+,16-10+. The Balaban J connectivity index is 1.86. The van der Waals surface area contributed by atoms with Crippen molar-refractivity contribution >= 4 is 29.7 Å². The number of phenols is 2. The van der Waals surface area contributed by atoms with E-state index in [2.05, 4.69) is 0 Å². The smallest absolute Gasteiger partial charge is 0.186 e. The Morgan fingerprint density at radius 2 is 1.13 bits per heavy atom. The van der Waals surface area contributed by atoms with Crippen LogP contribution >= 0.6 is 11.8 Å². The Hall–Kier alpha value is -2.46. The average Bonchev–Trinajstić information content (AvgIpc) is 2.55. The Labute approximate surface area is 139 Å². The second-order valence-corrected chi connectivity index (χ2v) is 6.33. The van der Waals surface area contributed by atoms with Gasteiger partial charge in [-0.15, -0.1) is 0 Å². The molecule has 0 spiro atoms. The van der Waals surface area contributed by atoms with E-state index >= 15 is 0 Å². The van der Waals surface area contributed by atoms with Gasteiger partial charge < -0.3 is 10.2 Å². The molecule has 2 aromatic carbocycles. The molecule has 4 heteroatoms. The number of aromatic hydroxyl groups is 2. The highest BCUT2D eigenvalue weighted by molar-refractivity contribution is 7.99. The second kappa shape index (κ2) is 6.75. The summed E-state index contributed by atoms with van der Waals surface area (Å²) in [6.07, 6.45) is 3.75. The van der Waals surface area contributed by atoms with Gasteiger partial charge >= 0.3 is 0 Å². The molecule has 2 aromatic rings. The van der Waals surface area contributed by atoms with Crippen LogP contribution in [0, 0.1) is 0 Å². The maximum absolute atomic E-state index is 12.6. The first-order valence-electron chi connectivity index (χ1n) is 7.23. The fraction of sp³-hybridized carbons (Fsp3) is 0.105. The van der Waals surface area contributed by atoms with Gasteiger partial charge in [0.25, 0.3) is 0 Å². The van der Waals surface area contributed by atoms with Crippen molar-refractivity contribution in [2.24, 2.45) is 0 Å². The van der Waals surface area contributed by atoms with Crippen LogP contribution in [0.5, 0.6) is 11.5 Å². The first-order valence-corrected chi connectivity index (χ1v) is 8.39. The van der Waals surface area contributed by atoms with E-state index in [1.807, 2.05) is 12.2 Å². The number of rotatable bonds is 2. The SMILES string of the molecule is O=C1/C(=C/c2ccc(O)cc2)CSC/C1=C\c1ccc(O)cc1. The molecule has 0 aliphatic carbocycles. The summed E-state index contributed by atoms with van der Waals surface area (Å²) in [6.45, 7) is 0. The van der Waals surface area contributed by atoms with Crippen LogP contribution in [0.15, 0.2) is 59.7 Å². The zero-order valence-corrected chi connectivity index (χ0v) is 13.2. The molecule has 23 heavy (non-hydrogen) atoms. The van der Waals surface area contributed by atoms with E-state index in [4.69, 9.17) is 0 Å². The zero-order valence-electron chi connectivity index (χ0n) is 12.4. The van der Waals surface area contributed by atoms with Gasteiger partial charge in [0.1, 0.15) is 11.5 Å². The minimum absolute atomic E-state index is 0.0601. The molecule has 0 bridgehead atoms. The molecule has 3 rings (SSSR count). The third-order valence-electron chi connectivity index (χ3n) is 3.57. The molecular formula is C19H16O3S. The molecule has 0 unspecified atom stereocenters. The molecule has 3 nitrogen and oxygen atoms in total. The summed E-state index contributed by atoms with van der Waals surface area (Å²) in [5.41, 5.74) is 3.32. The van der Waals surface area contributed by atoms with E-state index in [9.17, 15) is 15.0 Å². The van der Waals surface area contributed by atoms with Gasteiger partial charge in [0.05, 0.1) is 0 Å². The lowest BCUT2D eigenvalue weighted by molar-refractivity contribution is -0.112. The van der Waals surface area contributed by atoms with Gasteiger partial charge in [-0.05, 0) is 47.5 Å².